The molecule has 0 atom stereocenters. The molecule has 3 aromatic heterocycles. The molecule has 3 aromatic rings. The van der Waals surface area contributed by atoms with Crippen molar-refractivity contribution in [3.8, 4) is 11.4 Å². The fourth-order valence-electron chi connectivity index (χ4n) is 3.13. The summed E-state index contributed by atoms with van der Waals surface area (Å²) >= 11 is 0. The van der Waals surface area contributed by atoms with Crippen LogP contribution in [0.2, 0.25) is 0 Å². The van der Waals surface area contributed by atoms with E-state index in [4.69, 9.17) is 4.74 Å². The lowest BCUT2D eigenvalue weighted by Gasteiger charge is -2.26. The van der Waals surface area contributed by atoms with Crippen molar-refractivity contribution in [2.45, 2.75) is 12.8 Å². The first-order chi connectivity index (χ1) is 12.3. The highest BCUT2D eigenvalue weighted by atomic mass is 16.5. The zero-order valence-corrected chi connectivity index (χ0v) is 14.0. The van der Waals surface area contributed by atoms with Gasteiger partial charge in [0.15, 0.2) is 5.65 Å². The number of hydrogen-bond donors (Lipinski definition) is 1. The van der Waals surface area contributed by atoms with E-state index in [0.29, 0.717) is 5.65 Å². The number of hydrogen-bond acceptors (Lipinski definition) is 5. The lowest BCUT2D eigenvalue weighted by atomic mass is 10.2. The van der Waals surface area contributed by atoms with E-state index in [-0.39, 0.29) is 5.56 Å². The van der Waals surface area contributed by atoms with Gasteiger partial charge in [-0.3, -0.25) is 19.8 Å². The molecule has 1 aliphatic rings. The van der Waals surface area contributed by atoms with Crippen molar-refractivity contribution in [1.29, 1.82) is 0 Å². The van der Waals surface area contributed by atoms with Gasteiger partial charge in [-0.15, -0.1) is 0 Å². The SMILES string of the molecule is O=c1cc(CCCN2CCOCC2)nc2cc(-c3ccccn3)[nH]n12. The van der Waals surface area contributed by atoms with Crippen molar-refractivity contribution >= 4 is 5.65 Å². The summed E-state index contributed by atoms with van der Waals surface area (Å²) in [6.45, 7) is 4.61. The standard InChI is InChI=1S/C18H21N5O2/c24-18-12-14(4-3-7-22-8-10-25-11-9-22)20-17-13-16(21-23(17)18)15-5-1-2-6-19-15/h1-2,5-6,12-13,21H,3-4,7-11H2. The third-order valence-electron chi connectivity index (χ3n) is 4.46. The molecule has 7 nitrogen and oxygen atoms in total. The molecule has 0 unspecified atom stereocenters. The minimum Gasteiger partial charge on any atom is -0.379 e. The van der Waals surface area contributed by atoms with Gasteiger partial charge in [0.05, 0.1) is 24.6 Å². The molecule has 7 heteroatoms. The van der Waals surface area contributed by atoms with Gasteiger partial charge in [0, 0.05) is 37.1 Å². The second-order valence-corrected chi connectivity index (χ2v) is 6.22. The molecule has 4 rings (SSSR count). The summed E-state index contributed by atoms with van der Waals surface area (Å²) in [5, 5.41) is 3.07. The van der Waals surface area contributed by atoms with Crippen LogP contribution in [0.1, 0.15) is 12.1 Å². The lowest BCUT2D eigenvalue weighted by Crippen LogP contribution is -2.37. The Bertz CT molecular complexity index is 897. The van der Waals surface area contributed by atoms with Crippen LogP contribution in [0.5, 0.6) is 0 Å². The normalized spacial score (nSPS) is 15.7. The Kier molecular flexibility index (Phi) is 4.58. The van der Waals surface area contributed by atoms with Gasteiger partial charge >= 0.3 is 0 Å². The molecule has 25 heavy (non-hydrogen) atoms. The summed E-state index contributed by atoms with van der Waals surface area (Å²) in [6.07, 6.45) is 3.52. The Morgan fingerprint density at radius 2 is 2.08 bits per heavy atom. The van der Waals surface area contributed by atoms with Gasteiger partial charge in [0.1, 0.15) is 0 Å². The number of aromatic nitrogens is 4. The molecule has 0 radical (unpaired) electrons. The molecule has 0 aromatic carbocycles. The number of nitrogens with zero attached hydrogens (tertiary/aromatic N) is 4. The molecule has 0 spiro atoms. The predicted octanol–water partition coefficient (Wildman–Crippen LogP) is 1.35. The van der Waals surface area contributed by atoms with Crippen LogP contribution < -0.4 is 5.56 Å². The molecule has 1 N–H and O–H groups in total. The second-order valence-electron chi connectivity index (χ2n) is 6.22. The average molecular weight is 339 g/mol. The average Bonchev–Trinajstić information content (AvgIpc) is 3.08. The number of aromatic amines is 1. The van der Waals surface area contributed by atoms with Crippen molar-refractivity contribution in [3.63, 3.8) is 0 Å². The third-order valence-corrected chi connectivity index (χ3v) is 4.46. The molecule has 1 aliphatic heterocycles. The highest BCUT2D eigenvalue weighted by Crippen LogP contribution is 2.15. The van der Waals surface area contributed by atoms with Gasteiger partial charge in [0.2, 0.25) is 0 Å². The molecule has 0 bridgehead atoms. The molecule has 0 aliphatic carbocycles. The summed E-state index contributed by atoms with van der Waals surface area (Å²) in [5.74, 6) is 0. The van der Waals surface area contributed by atoms with E-state index in [2.05, 4.69) is 20.0 Å². The topological polar surface area (TPSA) is 75.5 Å². The summed E-state index contributed by atoms with van der Waals surface area (Å²) in [7, 11) is 0. The largest absolute Gasteiger partial charge is 0.379 e. The Labute approximate surface area is 145 Å². The van der Waals surface area contributed by atoms with Crippen molar-refractivity contribution in [3.05, 3.63) is 52.6 Å². The highest BCUT2D eigenvalue weighted by Gasteiger charge is 2.11. The number of fused-ring (bicyclic) bond motifs is 1. The van der Waals surface area contributed by atoms with Crippen molar-refractivity contribution < 1.29 is 4.74 Å². The van der Waals surface area contributed by atoms with Crippen molar-refractivity contribution in [2.75, 3.05) is 32.8 Å². The molecular formula is C18H21N5O2. The van der Waals surface area contributed by atoms with Gasteiger partial charge < -0.3 is 4.74 Å². The summed E-state index contributed by atoms with van der Waals surface area (Å²) in [6, 6.07) is 9.17. The van der Waals surface area contributed by atoms with Crippen molar-refractivity contribution in [1.82, 2.24) is 24.5 Å². The Hall–Kier alpha value is -2.51. The van der Waals surface area contributed by atoms with E-state index in [1.54, 1.807) is 12.3 Å². The first-order valence-corrected chi connectivity index (χ1v) is 8.63. The minimum atomic E-state index is -0.0893. The second kappa shape index (κ2) is 7.16. The van der Waals surface area contributed by atoms with Gasteiger partial charge in [-0.2, -0.15) is 0 Å². The monoisotopic (exact) mass is 339 g/mol. The summed E-state index contributed by atoms with van der Waals surface area (Å²) < 4.78 is 6.83. The minimum absolute atomic E-state index is 0.0893. The van der Waals surface area contributed by atoms with Gasteiger partial charge in [-0.25, -0.2) is 9.50 Å². The molecule has 130 valence electrons. The van der Waals surface area contributed by atoms with E-state index in [1.165, 1.54) is 4.52 Å². The van der Waals surface area contributed by atoms with Gasteiger partial charge in [-0.1, -0.05) is 6.07 Å². The number of ether oxygens (including phenoxy) is 1. The van der Waals surface area contributed by atoms with Crippen LogP contribution in [0.3, 0.4) is 0 Å². The van der Waals surface area contributed by atoms with E-state index in [9.17, 15) is 4.79 Å². The number of rotatable bonds is 5. The smallest absolute Gasteiger partial charge is 0.272 e. The van der Waals surface area contributed by atoms with Crippen LogP contribution >= 0.6 is 0 Å². The number of H-pyrrole nitrogens is 1. The van der Waals surface area contributed by atoms with E-state index in [0.717, 1.165) is 62.8 Å². The maximum atomic E-state index is 12.4. The Morgan fingerprint density at radius 1 is 1.20 bits per heavy atom. The molecule has 1 fully saturated rings. The quantitative estimate of drug-likeness (QED) is 0.759. The Balaban J connectivity index is 1.50. The van der Waals surface area contributed by atoms with Crippen LogP contribution in [0, 0.1) is 0 Å². The van der Waals surface area contributed by atoms with E-state index < -0.39 is 0 Å². The van der Waals surface area contributed by atoms with Gasteiger partial charge in [0.25, 0.3) is 5.56 Å². The number of morpholine rings is 1. The molecule has 1 saturated heterocycles. The zero-order chi connectivity index (χ0) is 17.1. The predicted molar refractivity (Wildman–Crippen MR) is 94.6 cm³/mol. The zero-order valence-electron chi connectivity index (χ0n) is 14.0. The molecular weight excluding hydrogens is 318 g/mol. The summed E-state index contributed by atoms with van der Waals surface area (Å²) in [4.78, 5) is 23.7. The first-order valence-electron chi connectivity index (χ1n) is 8.63. The van der Waals surface area contributed by atoms with Crippen LogP contribution in [0.4, 0.5) is 0 Å². The van der Waals surface area contributed by atoms with Crippen LogP contribution in [0.25, 0.3) is 17.0 Å². The first kappa shape index (κ1) is 16.0. The van der Waals surface area contributed by atoms with Crippen LogP contribution in [0.15, 0.2) is 41.3 Å². The highest BCUT2D eigenvalue weighted by molar-refractivity contribution is 5.60. The number of aryl methyl sites for hydroxylation is 1. The van der Waals surface area contributed by atoms with Crippen molar-refractivity contribution in [2.24, 2.45) is 0 Å². The third kappa shape index (κ3) is 3.62. The lowest BCUT2D eigenvalue weighted by molar-refractivity contribution is 0.0374. The van der Waals surface area contributed by atoms with Crippen LogP contribution in [-0.4, -0.2) is 57.3 Å². The van der Waals surface area contributed by atoms with E-state index in [1.807, 2.05) is 24.3 Å². The maximum Gasteiger partial charge on any atom is 0.272 e. The number of pyridine rings is 1. The maximum absolute atomic E-state index is 12.4. The molecule has 0 saturated carbocycles. The fourth-order valence-corrected chi connectivity index (χ4v) is 3.13. The summed E-state index contributed by atoms with van der Waals surface area (Å²) in [5.41, 5.74) is 2.96. The van der Waals surface area contributed by atoms with E-state index >= 15 is 0 Å². The van der Waals surface area contributed by atoms with Crippen LogP contribution in [-0.2, 0) is 11.2 Å². The molecule has 0 amide bonds. The molecule has 4 heterocycles. The van der Waals surface area contributed by atoms with Gasteiger partial charge in [-0.05, 0) is 31.5 Å². The fraction of sp³-hybridized carbons (Fsp3) is 0.389. The Morgan fingerprint density at radius 3 is 2.88 bits per heavy atom. The number of nitrogens with one attached hydrogen (secondary N) is 1.